The second-order valence-corrected chi connectivity index (χ2v) is 4.09. The van der Waals surface area contributed by atoms with Crippen LogP contribution in [0.1, 0.15) is 24.8 Å². The Morgan fingerprint density at radius 1 is 1.25 bits per heavy atom. The maximum atomic E-state index is 10.2. The number of carbonyl (C=O) groups is 1. The van der Waals surface area contributed by atoms with E-state index >= 15 is 0 Å². The van der Waals surface area contributed by atoms with Crippen LogP contribution in [0.15, 0.2) is 30.3 Å². The van der Waals surface area contributed by atoms with Crippen LogP contribution in [-0.4, -0.2) is 19.4 Å². The lowest BCUT2D eigenvalue weighted by atomic mass is 10.1. The SMILES string of the molecule is O=CCC=Cc1cccc(N2CCCC2)c1. The van der Waals surface area contributed by atoms with Crippen molar-refractivity contribution in [3.05, 3.63) is 35.9 Å². The molecule has 1 aromatic rings. The zero-order valence-electron chi connectivity index (χ0n) is 9.43. The highest BCUT2D eigenvalue weighted by Gasteiger charge is 2.11. The first-order valence-corrected chi connectivity index (χ1v) is 5.85. The Hall–Kier alpha value is -1.57. The van der Waals surface area contributed by atoms with Gasteiger partial charge in [-0.2, -0.15) is 0 Å². The Bertz CT molecular complexity index is 378. The van der Waals surface area contributed by atoms with Gasteiger partial charge in [-0.3, -0.25) is 0 Å². The normalized spacial score (nSPS) is 15.9. The number of anilines is 1. The lowest BCUT2D eigenvalue weighted by Crippen LogP contribution is -2.17. The highest BCUT2D eigenvalue weighted by atomic mass is 16.1. The van der Waals surface area contributed by atoms with Crippen molar-refractivity contribution < 1.29 is 4.79 Å². The Morgan fingerprint density at radius 3 is 2.81 bits per heavy atom. The van der Waals surface area contributed by atoms with Crippen LogP contribution < -0.4 is 4.90 Å². The van der Waals surface area contributed by atoms with Crippen LogP contribution in [0.5, 0.6) is 0 Å². The molecule has 1 heterocycles. The number of aldehydes is 1. The summed E-state index contributed by atoms with van der Waals surface area (Å²) in [4.78, 5) is 12.6. The van der Waals surface area contributed by atoms with Gasteiger partial charge in [0.2, 0.25) is 0 Å². The fourth-order valence-electron chi connectivity index (χ4n) is 2.06. The third-order valence-corrected chi connectivity index (χ3v) is 2.88. The molecule has 2 rings (SSSR count). The van der Waals surface area contributed by atoms with Gasteiger partial charge >= 0.3 is 0 Å². The summed E-state index contributed by atoms with van der Waals surface area (Å²) in [7, 11) is 0. The Labute approximate surface area is 96.6 Å². The molecule has 0 N–H and O–H groups in total. The van der Waals surface area contributed by atoms with Gasteiger partial charge in [-0.25, -0.2) is 0 Å². The summed E-state index contributed by atoms with van der Waals surface area (Å²) in [6.07, 6.45) is 7.91. The van der Waals surface area contributed by atoms with Crippen LogP contribution in [0.25, 0.3) is 6.08 Å². The average molecular weight is 215 g/mol. The van der Waals surface area contributed by atoms with Gasteiger partial charge in [0.05, 0.1) is 0 Å². The number of nitrogens with zero attached hydrogens (tertiary/aromatic N) is 1. The van der Waals surface area contributed by atoms with Crippen molar-refractivity contribution in [2.24, 2.45) is 0 Å². The molecule has 0 bridgehead atoms. The van der Waals surface area contributed by atoms with Crippen molar-refractivity contribution in [2.75, 3.05) is 18.0 Å². The molecule has 1 aliphatic rings. The van der Waals surface area contributed by atoms with E-state index < -0.39 is 0 Å². The van der Waals surface area contributed by atoms with Crippen molar-refractivity contribution >= 4 is 18.0 Å². The van der Waals surface area contributed by atoms with Gasteiger partial charge in [0, 0.05) is 25.2 Å². The van der Waals surface area contributed by atoms with Crippen LogP contribution in [0.4, 0.5) is 5.69 Å². The molecule has 84 valence electrons. The van der Waals surface area contributed by atoms with Crippen molar-refractivity contribution in [1.82, 2.24) is 0 Å². The molecule has 2 heteroatoms. The van der Waals surface area contributed by atoms with Gasteiger partial charge in [0.25, 0.3) is 0 Å². The van der Waals surface area contributed by atoms with E-state index in [2.05, 4.69) is 29.2 Å². The first-order chi connectivity index (χ1) is 7.90. The average Bonchev–Trinajstić information content (AvgIpc) is 2.83. The summed E-state index contributed by atoms with van der Waals surface area (Å²) in [6, 6.07) is 8.49. The smallest absolute Gasteiger partial charge is 0.123 e. The molecule has 0 saturated carbocycles. The van der Waals surface area contributed by atoms with Gasteiger partial charge in [-0.15, -0.1) is 0 Å². The second-order valence-electron chi connectivity index (χ2n) is 4.09. The number of hydrogen-bond donors (Lipinski definition) is 0. The highest BCUT2D eigenvalue weighted by Crippen LogP contribution is 2.21. The number of hydrogen-bond acceptors (Lipinski definition) is 2. The van der Waals surface area contributed by atoms with E-state index in [1.807, 2.05) is 12.2 Å². The predicted octanol–water partition coefficient (Wildman–Crippen LogP) is 2.89. The molecule has 1 saturated heterocycles. The summed E-state index contributed by atoms with van der Waals surface area (Å²) >= 11 is 0. The highest BCUT2D eigenvalue weighted by molar-refractivity contribution is 5.61. The van der Waals surface area contributed by atoms with Gasteiger partial charge in [-0.05, 0) is 30.5 Å². The maximum Gasteiger partial charge on any atom is 0.123 e. The van der Waals surface area contributed by atoms with Gasteiger partial charge in [-0.1, -0.05) is 24.3 Å². The van der Waals surface area contributed by atoms with Crippen molar-refractivity contribution in [3.8, 4) is 0 Å². The second kappa shape index (κ2) is 5.50. The largest absolute Gasteiger partial charge is 0.372 e. The van der Waals surface area contributed by atoms with E-state index in [9.17, 15) is 4.79 Å². The molecule has 1 aliphatic heterocycles. The van der Waals surface area contributed by atoms with Crippen LogP contribution in [-0.2, 0) is 4.79 Å². The molecule has 0 radical (unpaired) electrons. The molecule has 0 unspecified atom stereocenters. The zero-order valence-corrected chi connectivity index (χ0v) is 9.43. The number of benzene rings is 1. The summed E-state index contributed by atoms with van der Waals surface area (Å²) in [5.74, 6) is 0. The van der Waals surface area contributed by atoms with Gasteiger partial charge < -0.3 is 9.69 Å². The summed E-state index contributed by atoms with van der Waals surface area (Å²) in [5.41, 5.74) is 2.47. The van der Waals surface area contributed by atoms with E-state index in [1.54, 1.807) is 0 Å². The number of rotatable bonds is 4. The van der Waals surface area contributed by atoms with Crippen molar-refractivity contribution in [1.29, 1.82) is 0 Å². The molecular weight excluding hydrogens is 198 g/mol. The van der Waals surface area contributed by atoms with E-state index in [0.717, 1.165) is 6.29 Å². The topological polar surface area (TPSA) is 20.3 Å². The molecule has 1 fully saturated rings. The lowest BCUT2D eigenvalue weighted by Gasteiger charge is -2.17. The Balaban J connectivity index is 2.09. The minimum Gasteiger partial charge on any atom is -0.372 e. The first-order valence-electron chi connectivity index (χ1n) is 5.85. The molecule has 0 amide bonds. The minimum atomic E-state index is 0.494. The summed E-state index contributed by atoms with van der Waals surface area (Å²) < 4.78 is 0. The van der Waals surface area contributed by atoms with E-state index in [-0.39, 0.29) is 0 Å². The van der Waals surface area contributed by atoms with Crippen LogP contribution in [0.2, 0.25) is 0 Å². The number of allylic oxidation sites excluding steroid dienone is 1. The van der Waals surface area contributed by atoms with E-state index in [0.29, 0.717) is 6.42 Å². The third kappa shape index (κ3) is 2.72. The molecule has 0 aromatic heterocycles. The monoisotopic (exact) mass is 215 g/mol. The number of carbonyl (C=O) groups excluding carboxylic acids is 1. The van der Waals surface area contributed by atoms with Crippen LogP contribution in [0, 0.1) is 0 Å². The molecule has 16 heavy (non-hydrogen) atoms. The van der Waals surface area contributed by atoms with Crippen molar-refractivity contribution in [3.63, 3.8) is 0 Å². The van der Waals surface area contributed by atoms with E-state index in [1.165, 1.54) is 37.2 Å². The molecule has 0 atom stereocenters. The maximum absolute atomic E-state index is 10.2. The van der Waals surface area contributed by atoms with Gasteiger partial charge in [0.15, 0.2) is 0 Å². The minimum absolute atomic E-state index is 0.494. The third-order valence-electron chi connectivity index (χ3n) is 2.88. The summed E-state index contributed by atoms with van der Waals surface area (Å²) in [6.45, 7) is 2.34. The van der Waals surface area contributed by atoms with Crippen molar-refractivity contribution in [2.45, 2.75) is 19.3 Å². The van der Waals surface area contributed by atoms with Crippen LogP contribution in [0.3, 0.4) is 0 Å². The fraction of sp³-hybridized carbons (Fsp3) is 0.357. The predicted molar refractivity (Wildman–Crippen MR) is 67.6 cm³/mol. The zero-order chi connectivity index (χ0) is 11.2. The molecule has 1 aromatic carbocycles. The lowest BCUT2D eigenvalue weighted by molar-refractivity contribution is -0.107. The molecular formula is C14H17NO. The Kier molecular flexibility index (Phi) is 3.76. The standard InChI is InChI=1S/C14H17NO/c16-11-4-1-6-13-7-5-8-14(12-13)15-9-2-3-10-15/h1,5-8,11-12H,2-4,9-10H2. The fourth-order valence-corrected chi connectivity index (χ4v) is 2.06. The molecule has 2 nitrogen and oxygen atoms in total. The summed E-state index contributed by atoms with van der Waals surface area (Å²) in [5, 5.41) is 0. The Morgan fingerprint density at radius 2 is 2.06 bits per heavy atom. The quantitative estimate of drug-likeness (QED) is 0.720. The van der Waals surface area contributed by atoms with Gasteiger partial charge in [0.1, 0.15) is 6.29 Å². The first kappa shape index (κ1) is 10.9. The van der Waals surface area contributed by atoms with Crippen LogP contribution >= 0.6 is 0 Å². The molecule has 0 aliphatic carbocycles. The molecule has 0 spiro atoms. The van der Waals surface area contributed by atoms with E-state index in [4.69, 9.17) is 0 Å².